The van der Waals surface area contributed by atoms with Crippen LogP contribution >= 0.6 is 0 Å². The summed E-state index contributed by atoms with van der Waals surface area (Å²) in [4.78, 5) is 25.8. The van der Waals surface area contributed by atoms with Crippen LogP contribution in [0.5, 0.6) is 0 Å². The van der Waals surface area contributed by atoms with E-state index in [-0.39, 0.29) is 23.7 Å². The Morgan fingerprint density at radius 1 is 0.812 bits per heavy atom. The van der Waals surface area contributed by atoms with E-state index in [1.165, 1.54) is 0 Å². The predicted molar refractivity (Wildman–Crippen MR) is 126 cm³/mol. The minimum atomic E-state index is -0.167. The molecule has 6 heteroatoms. The first-order valence-corrected chi connectivity index (χ1v) is 11.5. The standard InChI is InChI=1S/C26H34N2O4/c1-3-31-17-19-8-5-12-23(14-19)27-25(29)21-10-7-11-22(16-21)26(30)28-24-13-6-9-20(15-24)18-32-4-2/h5-6,8-9,12-15,21-22H,3-4,7,10-11,16-18H2,1-2H3,(H,27,29)(H,28,30). The van der Waals surface area contributed by atoms with Gasteiger partial charge in [-0.15, -0.1) is 0 Å². The van der Waals surface area contributed by atoms with Gasteiger partial charge in [0.25, 0.3) is 0 Å². The highest BCUT2D eigenvalue weighted by atomic mass is 16.5. The largest absolute Gasteiger partial charge is 0.377 e. The summed E-state index contributed by atoms with van der Waals surface area (Å²) < 4.78 is 10.9. The molecule has 2 N–H and O–H groups in total. The second kappa shape index (κ2) is 12.4. The van der Waals surface area contributed by atoms with E-state index in [1.807, 2.05) is 62.4 Å². The Balaban J connectivity index is 1.55. The molecule has 1 aliphatic rings. The highest BCUT2D eigenvalue weighted by molar-refractivity contribution is 5.95. The van der Waals surface area contributed by atoms with Crippen molar-refractivity contribution in [3.05, 3.63) is 59.7 Å². The summed E-state index contributed by atoms with van der Waals surface area (Å²) >= 11 is 0. The fraction of sp³-hybridized carbons (Fsp3) is 0.462. The first-order valence-electron chi connectivity index (χ1n) is 11.5. The molecule has 2 aromatic rings. The maximum Gasteiger partial charge on any atom is 0.227 e. The number of anilines is 2. The van der Waals surface area contributed by atoms with E-state index in [0.717, 1.165) is 41.8 Å². The molecule has 1 saturated carbocycles. The molecule has 0 aromatic heterocycles. The normalized spacial score (nSPS) is 18.2. The predicted octanol–water partition coefficient (Wildman–Crippen LogP) is 5.14. The number of hydrogen-bond acceptors (Lipinski definition) is 4. The summed E-state index contributed by atoms with van der Waals surface area (Å²) in [6.07, 6.45) is 3.04. The second-order valence-corrected chi connectivity index (χ2v) is 8.21. The zero-order chi connectivity index (χ0) is 22.8. The van der Waals surface area contributed by atoms with Crippen molar-refractivity contribution in [2.45, 2.75) is 52.7 Å². The lowest BCUT2D eigenvalue weighted by atomic mass is 9.80. The highest BCUT2D eigenvalue weighted by Gasteiger charge is 2.31. The maximum absolute atomic E-state index is 12.9. The topological polar surface area (TPSA) is 76.7 Å². The van der Waals surface area contributed by atoms with Gasteiger partial charge in [0.15, 0.2) is 0 Å². The molecule has 0 spiro atoms. The molecule has 0 saturated heterocycles. The summed E-state index contributed by atoms with van der Waals surface area (Å²) in [7, 11) is 0. The van der Waals surface area contributed by atoms with Crippen molar-refractivity contribution < 1.29 is 19.1 Å². The Morgan fingerprint density at radius 2 is 1.28 bits per heavy atom. The maximum atomic E-state index is 12.9. The number of hydrogen-bond donors (Lipinski definition) is 2. The number of nitrogens with one attached hydrogen (secondary N) is 2. The van der Waals surface area contributed by atoms with E-state index >= 15 is 0 Å². The lowest BCUT2D eigenvalue weighted by Gasteiger charge is -2.27. The van der Waals surface area contributed by atoms with Crippen molar-refractivity contribution in [1.82, 2.24) is 0 Å². The SMILES string of the molecule is CCOCc1cccc(NC(=O)C2CCCC(C(=O)Nc3cccc(COCC)c3)C2)c1. The van der Waals surface area contributed by atoms with Crippen LogP contribution < -0.4 is 10.6 Å². The van der Waals surface area contributed by atoms with Gasteiger partial charge in [-0.05, 0) is 68.5 Å². The number of carbonyl (C=O) groups is 2. The Bertz CT molecular complexity index is 827. The Morgan fingerprint density at radius 3 is 1.72 bits per heavy atom. The lowest BCUT2D eigenvalue weighted by molar-refractivity contribution is -0.124. The number of amides is 2. The average molecular weight is 439 g/mol. The first kappa shape index (κ1) is 24.0. The van der Waals surface area contributed by atoms with Crippen LogP contribution in [0.2, 0.25) is 0 Å². The molecule has 1 fully saturated rings. The summed E-state index contributed by atoms with van der Waals surface area (Å²) in [6, 6.07) is 15.4. The van der Waals surface area contributed by atoms with Crippen LogP contribution in [0, 0.1) is 11.8 Å². The summed E-state index contributed by atoms with van der Waals surface area (Å²) in [5, 5.41) is 6.05. The molecule has 32 heavy (non-hydrogen) atoms. The van der Waals surface area contributed by atoms with Gasteiger partial charge >= 0.3 is 0 Å². The quantitative estimate of drug-likeness (QED) is 0.538. The van der Waals surface area contributed by atoms with E-state index in [9.17, 15) is 9.59 Å². The average Bonchev–Trinajstić information content (AvgIpc) is 2.82. The van der Waals surface area contributed by atoms with Crippen LogP contribution in [0.3, 0.4) is 0 Å². The molecule has 6 nitrogen and oxygen atoms in total. The Hall–Kier alpha value is -2.70. The fourth-order valence-electron chi connectivity index (χ4n) is 4.07. The third-order valence-corrected chi connectivity index (χ3v) is 5.75. The Labute approximate surface area is 190 Å². The van der Waals surface area contributed by atoms with Crippen molar-refractivity contribution in [1.29, 1.82) is 0 Å². The number of ether oxygens (including phenoxy) is 2. The van der Waals surface area contributed by atoms with Gasteiger partial charge in [0.2, 0.25) is 11.8 Å². The van der Waals surface area contributed by atoms with Gasteiger partial charge in [0.05, 0.1) is 13.2 Å². The lowest BCUT2D eigenvalue weighted by Crippen LogP contribution is -2.33. The number of benzene rings is 2. The monoisotopic (exact) mass is 438 g/mol. The summed E-state index contributed by atoms with van der Waals surface area (Å²) in [5.41, 5.74) is 3.59. The van der Waals surface area contributed by atoms with Crippen molar-refractivity contribution in [2.24, 2.45) is 11.8 Å². The van der Waals surface area contributed by atoms with Crippen LogP contribution in [0.25, 0.3) is 0 Å². The molecule has 0 heterocycles. The molecule has 0 radical (unpaired) electrons. The molecule has 2 aromatic carbocycles. The third-order valence-electron chi connectivity index (χ3n) is 5.75. The highest BCUT2D eigenvalue weighted by Crippen LogP contribution is 2.31. The van der Waals surface area contributed by atoms with Crippen LogP contribution in [-0.4, -0.2) is 25.0 Å². The molecular weight excluding hydrogens is 404 g/mol. The summed E-state index contributed by atoms with van der Waals surface area (Å²) in [5.74, 6) is -0.372. The van der Waals surface area contributed by atoms with Crippen molar-refractivity contribution >= 4 is 23.2 Å². The number of carbonyl (C=O) groups excluding carboxylic acids is 2. The second-order valence-electron chi connectivity index (χ2n) is 8.21. The van der Waals surface area contributed by atoms with Crippen LogP contribution in [0.4, 0.5) is 11.4 Å². The third kappa shape index (κ3) is 7.18. The molecule has 172 valence electrons. The molecule has 0 aliphatic heterocycles. The van der Waals surface area contributed by atoms with Crippen molar-refractivity contribution in [3.63, 3.8) is 0 Å². The smallest absolute Gasteiger partial charge is 0.227 e. The molecular formula is C26H34N2O4. The minimum Gasteiger partial charge on any atom is -0.377 e. The molecule has 2 atom stereocenters. The molecule has 3 rings (SSSR count). The van der Waals surface area contributed by atoms with Gasteiger partial charge in [-0.25, -0.2) is 0 Å². The van der Waals surface area contributed by atoms with Crippen molar-refractivity contribution in [2.75, 3.05) is 23.8 Å². The molecule has 2 amide bonds. The van der Waals surface area contributed by atoms with Gasteiger partial charge in [0.1, 0.15) is 0 Å². The molecule has 0 bridgehead atoms. The first-order chi connectivity index (χ1) is 15.6. The zero-order valence-corrected chi connectivity index (χ0v) is 19.1. The number of rotatable bonds is 10. The van der Waals surface area contributed by atoms with E-state index in [4.69, 9.17) is 9.47 Å². The van der Waals surface area contributed by atoms with Crippen molar-refractivity contribution in [3.8, 4) is 0 Å². The van der Waals surface area contributed by atoms with E-state index in [2.05, 4.69) is 10.6 Å². The van der Waals surface area contributed by atoms with E-state index in [1.54, 1.807) is 0 Å². The zero-order valence-electron chi connectivity index (χ0n) is 19.1. The minimum absolute atomic E-state index is 0.0187. The Kier molecular flexibility index (Phi) is 9.26. The van der Waals surface area contributed by atoms with Crippen LogP contribution in [0.1, 0.15) is 50.7 Å². The van der Waals surface area contributed by atoms with Gasteiger partial charge in [-0.1, -0.05) is 30.7 Å². The van der Waals surface area contributed by atoms with E-state index in [0.29, 0.717) is 32.8 Å². The van der Waals surface area contributed by atoms with E-state index < -0.39 is 0 Å². The van der Waals surface area contributed by atoms with Gasteiger partial charge in [-0.2, -0.15) is 0 Å². The summed E-state index contributed by atoms with van der Waals surface area (Å²) in [6.45, 7) is 6.27. The molecule has 1 aliphatic carbocycles. The van der Waals surface area contributed by atoms with Gasteiger partial charge in [0, 0.05) is 36.4 Å². The van der Waals surface area contributed by atoms with Gasteiger partial charge in [-0.3, -0.25) is 9.59 Å². The van der Waals surface area contributed by atoms with Crippen LogP contribution in [-0.2, 0) is 32.3 Å². The molecule has 2 unspecified atom stereocenters. The van der Waals surface area contributed by atoms with Gasteiger partial charge < -0.3 is 20.1 Å². The van der Waals surface area contributed by atoms with Crippen LogP contribution in [0.15, 0.2) is 48.5 Å². The fourth-order valence-corrected chi connectivity index (χ4v) is 4.07.